The molecule has 1 amide bonds. The Hall–Kier alpha value is -1.09. The number of carbonyl (C=O) groups excluding carboxylic acids is 1. The van der Waals surface area contributed by atoms with Crippen molar-refractivity contribution < 1.29 is 9.18 Å². The van der Waals surface area contributed by atoms with Crippen LogP contribution in [0, 0.1) is 12.2 Å². The first kappa shape index (κ1) is 9.46. The zero-order valence-electron chi connectivity index (χ0n) is 7.26. The fourth-order valence-electron chi connectivity index (χ4n) is 1.50. The van der Waals surface area contributed by atoms with Crippen LogP contribution in [-0.4, -0.2) is 5.91 Å². The van der Waals surface area contributed by atoms with Crippen LogP contribution in [0.2, 0.25) is 5.02 Å². The van der Waals surface area contributed by atoms with Gasteiger partial charge >= 0.3 is 0 Å². The Balaban J connectivity index is 2.52. The highest BCUT2D eigenvalue weighted by atomic mass is 35.5. The van der Waals surface area contributed by atoms with Gasteiger partial charge in [-0.3, -0.25) is 4.79 Å². The van der Waals surface area contributed by atoms with Crippen molar-refractivity contribution in [3.8, 4) is 0 Å². The quantitative estimate of drug-likeness (QED) is 0.798. The SMILES string of the molecule is NC(=O)[C@]1(c2cccc(Cl)c2F)[CH]C1. The van der Waals surface area contributed by atoms with Crippen molar-refractivity contribution in [3.05, 3.63) is 41.0 Å². The number of halogens is 2. The van der Waals surface area contributed by atoms with Gasteiger partial charge in [0, 0.05) is 5.56 Å². The predicted molar refractivity (Wildman–Crippen MR) is 51.2 cm³/mol. The lowest BCUT2D eigenvalue weighted by Crippen LogP contribution is -2.29. The Bertz CT molecular complexity index is 401. The zero-order valence-corrected chi connectivity index (χ0v) is 8.01. The molecular formula is C10H8ClFNO. The van der Waals surface area contributed by atoms with E-state index >= 15 is 0 Å². The molecule has 2 N–H and O–H groups in total. The molecule has 1 aromatic rings. The summed E-state index contributed by atoms with van der Waals surface area (Å²) in [6, 6.07) is 4.59. The highest BCUT2D eigenvalue weighted by Gasteiger charge is 2.52. The molecule has 1 radical (unpaired) electrons. The zero-order chi connectivity index (χ0) is 10.3. The summed E-state index contributed by atoms with van der Waals surface area (Å²) in [7, 11) is 0. The topological polar surface area (TPSA) is 43.1 Å². The van der Waals surface area contributed by atoms with E-state index in [9.17, 15) is 9.18 Å². The van der Waals surface area contributed by atoms with E-state index in [4.69, 9.17) is 17.3 Å². The first-order valence-corrected chi connectivity index (χ1v) is 4.54. The number of carbonyl (C=O) groups is 1. The second-order valence-corrected chi connectivity index (χ2v) is 3.75. The Morgan fingerprint density at radius 3 is 2.71 bits per heavy atom. The van der Waals surface area contributed by atoms with Crippen LogP contribution in [0.1, 0.15) is 12.0 Å². The summed E-state index contributed by atoms with van der Waals surface area (Å²) in [5, 5.41) is 0.0171. The molecule has 73 valence electrons. The lowest BCUT2D eigenvalue weighted by atomic mass is 9.95. The van der Waals surface area contributed by atoms with E-state index in [1.54, 1.807) is 12.5 Å². The minimum absolute atomic E-state index is 0.0171. The molecular weight excluding hydrogens is 205 g/mol. The smallest absolute Gasteiger partial charge is 0.228 e. The van der Waals surface area contributed by atoms with Gasteiger partial charge in [-0.1, -0.05) is 23.7 Å². The molecule has 0 heterocycles. The highest BCUT2D eigenvalue weighted by Crippen LogP contribution is 2.48. The molecule has 14 heavy (non-hydrogen) atoms. The molecule has 0 saturated heterocycles. The van der Waals surface area contributed by atoms with Crippen molar-refractivity contribution in [2.24, 2.45) is 5.73 Å². The van der Waals surface area contributed by atoms with Gasteiger partial charge in [0.05, 0.1) is 10.4 Å². The van der Waals surface area contributed by atoms with E-state index in [2.05, 4.69) is 0 Å². The van der Waals surface area contributed by atoms with Crippen LogP contribution in [0.15, 0.2) is 18.2 Å². The Morgan fingerprint density at radius 2 is 2.21 bits per heavy atom. The molecule has 1 aliphatic carbocycles. The van der Waals surface area contributed by atoms with Crippen molar-refractivity contribution in [2.45, 2.75) is 11.8 Å². The molecule has 0 bridgehead atoms. The summed E-state index contributed by atoms with van der Waals surface area (Å²) in [5.41, 5.74) is 4.56. The normalized spacial score (nSPS) is 17.9. The molecule has 1 aliphatic rings. The van der Waals surface area contributed by atoms with Gasteiger partial charge < -0.3 is 5.73 Å². The van der Waals surface area contributed by atoms with Gasteiger partial charge in [0.25, 0.3) is 0 Å². The van der Waals surface area contributed by atoms with Gasteiger partial charge in [0.2, 0.25) is 5.91 Å². The first-order valence-electron chi connectivity index (χ1n) is 4.17. The molecule has 0 spiro atoms. The summed E-state index contributed by atoms with van der Waals surface area (Å²) in [6.07, 6.45) is 2.17. The van der Waals surface area contributed by atoms with E-state index in [-0.39, 0.29) is 10.6 Å². The van der Waals surface area contributed by atoms with Crippen LogP contribution in [-0.2, 0) is 10.2 Å². The molecule has 1 atom stereocenters. The molecule has 0 aromatic heterocycles. The van der Waals surface area contributed by atoms with E-state index < -0.39 is 17.1 Å². The van der Waals surface area contributed by atoms with Gasteiger partial charge in [0.15, 0.2) is 0 Å². The monoisotopic (exact) mass is 212 g/mol. The average molecular weight is 213 g/mol. The molecule has 4 heteroatoms. The summed E-state index contributed by atoms with van der Waals surface area (Å²) >= 11 is 5.61. The first-order chi connectivity index (χ1) is 6.58. The predicted octanol–water partition coefficient (Wildman–Crippen LogP) is 1.81. The van der Waals surface area contributed by atoms with Crippen molar-refractivity contribution >= 4 is 17.5 Å². The third-order valence-corrected chi connectivity index (χ3v) is 2.78. The maximum absolute atomic E-state index is 13.5. The van der Waals surface area contributed by atoms with Crippen LogP contribution in [0.5, 0.6) is 0 Å². The van der Waals surface area contributed by atoms with Gasteiger partial charge in [-0.2, -0.15) is 0 Å². The number of primary amides is 1. The second kappa shape index (κ2) is 2.95. The van der Waals surface area contributed by atoms with E-state index in [0.29, 0.717) is 6.42 Å². The molecule has 2 rings (SSSR count). The Labute approximate surface area is 85.9 Å². The average Bonchev–Trinajstić information content (AvgIpc) is 2.90. The number of amides is 1. The van der Waals surface area contributed by atoms with Crippen molar-refractivity contribution in [1.82, 2.24) is 0 Å². The standard InChI is InChI=1S/C10H8ClFNO/c11-7-3-1-2-6(8(7)12)10(4-5-10)9(13)14/h1-4H,5H2,(H2,13,14)/t10-/m1/s1. The van der Waals surface area contributed by atoms with E-state index in [1.807, 2.05) is 0 Å². The molecule has 0 unspecified atom stereocenters. The van der Waals surface area contributed by atoms with Crippen LogP contribution >= 0.6 is 11.6 Å². The largest absolute Gasteiger partial charge is 0.369 e. The lowest BCUT2D eigenvalue weighted by molar-refractivity contribution is -0.120. The van der Waals surface area contributed by atoms with Gasteiger partial charge in [0.1, 0.15) is 5.82 Å². The maximum Gasteiger partial charge on any atom is 0.228 e. The van der Waals surface area contributed by atoms with Gasteiger partial charge in [-0.15, -0.1) is 0 Å². The van der Waals surface area contributed by atoms with Crippen molar-refractivity contribution in [3.63, 3.8) is 0 Å². The molecule has 0 aliphatic heterocycles. The number of hydrogen-bond acceptors (Lipinski definition) is 1. The van der Waals surface area contributed by atoms with Crippen LogP contribution < -0.4 is 5.73 Å². The minimum atomic E-state index is -0.922. The minimum Gasteiger partial charge on any atom is -0.369 e. The summed E-state index contributed by atoms with van der Waals surface area (Å²) in [5.74, 6) is -1.08. The third kappa shape index (κ3) is 1.20. The molecule has 1 saturated carbocycles. The second-order valence-electron chi connectivity index (χ2n) is 3.35. The number of rotatable bonds is 2. The fourth-order valence-corrected chi connectivity index (χ4v) is 1.68. The van der Waals surface area contributed by atoms with E-state index in [0.717, 1.165) is 0 Å². The molecule has 1 aromatic carbocycles. The van der Waals surface area contributed by atoms with Gasteiger partial charge in [-0.05, 0) is 18.9 Å². The van der Waals surface area contributed by atoms with E-state index in [1.165, 1.54) is 12.1 Å². The lowest BCUT2D eigenvalue weighted by Gasteiger charge is -2.12. The fraction of sp³-hybridized carbons (Fsp3) is 0.200. The summed E-state index contributed by atoms with van der Waals surface area (Å²) < 4.78 is 13.5. The number of benzene rings is 1. The molecule has 2 nitrogen and oxygen atoms in total. The Morgan fingerprint density at radius 1 is 1.57 bits per heavy atom. The van der Waals surface area contributed by atoms with Crippen LogP contribution in [0.25, 0.3) is 0 Å². The van der Waals surface area contributed by atoms with Crippen molar-refractivity contribution in [1.29, 1.82) is 0 Å². The summed E-state index contributed by atoms with van der Waals surface area (Å²) in [6.45, 7) is 0. The molecule has 1 fully saturated rings. The number of nitrogens with two attached hydrogens (primary N) is 1. The van der Waals surface area contributed by atoms with Crippen LogP contribution in [0.4, 0.5) is 4.39 Å². The van der Waals surface area contributed by atoms with Crippen LogP contribution in [0.3, 0.4) is 0 Å². The maximum atomic E-state index is 13.5. The Kier molecular flexibility index (Phi) is 2.00. The third-order valence-electron chi connectivity index (χ3n) is 2.48. The highest BCUT2D eigenvalue weighted by molar-refractivity contribution is 6.30. The number of hydrogen-bond donors (Lipinski definition) is 1. The van der Waals surface area contributed by atoms with Crippen molar-refractivity contribution in [2.75, 3.05) is 0 Å². The van der Waals surface area contributed by atoms with Gasteiger partial charge in [-0.25, -0.2) is 4.39 Å². The summed E-state index contributed by atoms with van der Waals surface area (Å²) in [4.78, 5) is 11.1.